The summed E-state index contributed by atoms with van der Waals surface area (Å²) in [5, 5.41) is 3.62. The number of anilines is 1. The van der Waals surface area contributed by atoms with E-state index in [2.05, 4.69) is 15.1 Å². The first-order valence-electron chi connectivity index (χ1n) is 8.92. The van der Waals surface area contributed by atoms with Crippen LogP contribution in [-0.4, -0.2) is 73.5 Å². The molecular weight excluding hydrogens is 352 g/mol. The molecule has 1 N–H and O–H groups in total. The van der Waals surface area contributed by atoms with Gasteiger partial charge in [-0.25, -0.2) is 0 Å². The van der Waals surface area contributed by atoms with Crippen molar-refractivity contribution < 1.29 is 9.59 Å². The second kappa shape index (κ2) is 8.73. The number of carbonyl (C=O) groups excluding carboxylic acids is 2. The van der Waals surface area contributed by atoms with E-state index in [1.807, 2.05) is 45.0 Å². The van der Waals surface area contributed by atoms with Crippen LogP contribution in [0.2, 0.25) is 5.02 Å². The minimum atomic E-state index is -0.296. The van der Waals surface area contributed by atoms with Crippen molar-refractivity contribution in [2.24, 2.45) is 0 Å². The Labute approximate surface area is 161 Å². The summed E-state index contributed by atoms with van der Waals surface area (Å²) in [7, 11) is 1.67. The van der Waals surface area contributed by atoms with Crippen molar-refractivity contribution in [2.45, 2.75) is 26.3 Å². The molecule has 0 radical (unpaired) electrons. The van der Waals surface area contributed by atoms with Gasteiger partial charge in [-0.05, 0) is 32.9 Å². The maximum Gasteiger partial charge on any atom is 0.240 e. The Hall–Kier alpha value is -1.79. The van der Waals surface area contributed by atoms with Crippen LogP contribution >= 0.6 is 11.6 Å². The van der Waals surface area contributed by atoms with E-state index in [1.165, 1.54) is 4.90 Å². The highest BCUT2D eigenvalue weighted by molar-refractivity contribution is 6.33. The maximum atomic E-state index is 12.4. The minimum absolute atomic E-state index is 0.0414. The second-order valence-corrected chi connectivity index (χ2v) is 8.17. The predicted octanol–water partition coefficient (Wildman–Crippen LogP) is 1.84. The summed E-state index contributed by atoms with van der Waals surface area (Å²) >= 11 is 6.26. The normalized spacial score (nSPS) is 15.7. The van der Waals surface area contributed by atoms with E-state index in [0.29, 0.717) is 6.54 Å². The van der Waals surface area contributed by atoms with Crippen LogP contribution in [0.1, 0.15) is 20.8 Å². The topological polar surface area (TPSA) is 55.9 Å². The number of likely N-dealkylation sites (N-methyl/N-ethyl adjacent to an activating group) is 1. The van der Waals surface area contributed by atoms with Gasteiger partial charge in [-0.2, -0.15) is 0 Å². The van der Waals surface area contributed by atoms with Crippen LogP contribution in [-0.2, 0) is 9.59 Å². The molecule has 0 atom stereocenters. The number of halogens is 1. The minimum Gasteiger partial charge on any atom is -0.368 e. The average Bonchev–Trinajstić information content (AvgIpc) is 2.54. The Balaban J connectivity index is 1.79. The van der Waals surface area contributed by atoms with Gasteiger partial charge in [0.2, 0.25) is 11.8 Å². The van der Waals surface area contributed by atoms with E-state index in [0.717, 1.165) is 36.9 Å². The molecular formula is C19H29ClN4O2. The number of hydrogen-bond acceptors (Lipinski definition) is 4. The van der Waals surface area contributed by atoms with Crippen LogP contribution in [0.3, 0.4) is 0 Å². The SMILES string of the molecule is CN(CC(=O)NC(C)(C)C)C(=O)CN1CCN(c2ccccc2Cl)CC1. The lowest BCUT2D eigenvalue weighted by Crippen LogP contribution is -2.51. The molecule has 1 aromatic rings. The third kappa shape index (κ3) is 6.18. The molecule has 0 spiro atoms. The van der Waals surface area contributed by atoms with E-state index in [1.54, 1.807) is 7.05 Å². The lowest BCUT2D eigenvalue weighted by Gasteiger charge is -2.36. The molecule has 1 aromatic carbocycles. The zero-order chi connectivity index (χ0) is 19.3. The number of nitrogens with zero attached hydrogens (tertiary/aromatic N) is 3. The van der Waals surface area contributed by atoms with Gasteiger partial charge in [0, 0.05) is 38.8 Å². The summed E-state index contributed by atoms with van der Waals surface area (Å²) in [6.45, 7) is 9.40. The summed E-state index contributed by atoms with van der Waals surface area (Å²) in [4.78, 5) is 30.2. The van der Waals surface area contributed by atoms with Gasteiger partial charge in [-0.1, -0.05) is 23.7 Å². The number of rotatable bonds is 5. The van der Waals surface area contributed by atoms with Crippen molar-refractivity contribution in [3.63, 3.8) is 0 Å². The first-order valence-corrected chi connectivity index (χ1v) is 9.30. The van der Waals surface area contributed by atoms with Crippen LogP contribution < -0.4 is 10.2 Å². The third-order valence-electron chi connectivity index (χ3n) is 4.25. The van der Waals surface area contributed by atoms with E-state index in [-0.39, 0.29) is 23.9 Å². The highest BCUT2D eigenvalue weighted by Crippen LogP contribution is 2.25. The zero-order valence-corrected chi connectivity index (χ0v) is 16.8. The molecule has 0 aliphatic carbocycles. The number of para-hydroxylation sites is 1. The van der Waals surface area contributed by atoms with Gasteiger partial charge in [0.05, 0.1) is 23.8 Å². The fraction of sp³-hybridized carbons (Fsp3) is 0.579. The molecule has 1 aliphatic rings. The molecule has 144 valence electrons. The van der Waals surface area contributed by atoms with Gasteiger partial charge in [0.15, 0.2) is 0 Å². The molecule has 0 aromatic heterocycles. The number of piperazine rings is 1. The molecule has 1 saturated heterocycles. The van der Waals surface area contributed by atoms with Crippen molar-refractivity contribution in [3.8, 4) is 0 Å². The summed E-state index contributed by atoms with van der Waals surface area (Å²) in [5.74, 6) is -0.183. The Morgan fingerprint density at radius 1 is 1.15 bits per heavy atom. The van der Waals surface area contributed by atoms with Crippen molar-refractivity contribution >= 4 is 29.1 Å². The monoisotopic (exact) mass is 380 g/mol. The molecule has 26 heavy (non-hydrogen) atoms. The third-order valence-corrected chi connectivity index (χ3v) is 4.56. The molecule has 7 heteroatoms. The number of carbonyl (C=O) groups is 2. The average molecular weight is 381 g/mol. The molecule has 6 nitrogen and oxygen atoms in total. The lowest BCUT2D eigenvalue weighted by atomic mass is 10.1. The van der Waals surface area contributed by atoms with Crippen LogP contribution in [0.15, 0.2) is 24.3 Å². The standard InChI is InChI=1S/C19H29ClN4O2/c1-19(2,3)21-17(25)13-22(4)18(26)14-23-9-11-24(12-10-23)16-8-6-5-7-15(16)20/h5-8H,9-14H2,1-4H3,(H,21,25). The highest BCUT2D eigenvalue weighted by atomic mass is 35.5. The van der Waals surface area contributed by atoms with Gasteiger partial charge >= 0.3 is 0 Å². The first-order chi connectivity index (χ1) is 12.2. The molecule has 0 saturated carbocycles. The van der Waals surface area contributed by atoms with E-state index >= 15 is 0 Å². The number of amides is 2. The van der Waals surface area contributed by atoms with Crippen LogP contribution in [0.5, 0.6) is 0 Å². The molecule has 2 amide bonds. The Morgan fingerprint density at radius 3 is 2.35 bits per heavy atom. The van der Waals surface area contributed by atoms with Gasteiger partial charge in [-0.15, -0.1) is 0 Å². The highest BCUT2D eigenvalue weighted by Gasteiger charge is 2.23. The van der Waals surface area contributed by atoms with Gasteiger partial charge in [0.25, 0.3) is 0 Å². The Bertz CT molecular complexity index is 637. The van der Waals surface area contributed by atoms with Crippen LogP contribution in [0.4, 0.5) is 5.69 Å². The summed E-state index contributed by atoms with van der Waals surface area (Å²) in [6, 6.07) is 7.82. The molecule has 0 bridgehead atoms. The largest absolute Gasteiger partial charge is 0.368 e. The van der Waals surface area contributed by atoms with Gasteiger partial charge in [-0.3, -0.25) is 14.5 Å². The molecule has 2 rings (SSSR count). The zero-order valence-electron chi connectivity index (χ0n) is 16.1. The molecule has 1 fully saturated rings. The number of hydrogen-bond donors (Lipinski definition) is 1. The van der Waals surface area contributed by atoms with E-state index in [9.17, 15) is 9.59 Å². The molecule has 1 aliphatic heterocycles. The van der Waals surface area contributed by atoms with Crippen molar-refractivity contribution in [2.75, 3.05) is 51.2 Å². The van der Waals surface area contributed by atoms with Crippen LogP contribution in [0, 0.1) is 0 Å². The van der Waals surface area contributed by atoms with Crippen molar-refractivity contribution in [1.82, 2.24) is 15.1 Å². The van der Waals surface area contributed by atoms with E-state index in [4.69, 9.17) is 11.6 Å². The fourth-order valence-corrected chi connectivity index (χ4v) is 3.18. The first kappa shape index (κ1) is 20.5. The van der Waals surface area contributed by atoms with Crippen LogP contribution in [0.25, 0.3) is 0 Å². The lowest BCUT2D eigenvalue weighted by molar-refractivity contribution is -0.136. The molecule has 1 heterocycles. The quantitative estimate of drug-likeness (QED) is 0.846. The Morgan fingerprint density at radius 2 is 1.77 bits per heavy atom. The predicted molar refractivity (Wildman–Crippen MR) is 106 cm³/mol. The van der Waals surface area contributed by atoms with E-state index < -0.39 is 0 Å². The second-order valence-electron chi connectivity index (χ2n) is 7.76. The summed E-state index contributed by atoms with van der Waals surface area (Å²) in [5.41, 5.74) is 0.742. The summed E-state index contributed by atoms with van der Waals surface area (Å²) in [6.07, 6.45) is 0. The van der Waals surface area contributed by atoms with Gasteiger partial charge in [0.1, 0.15) is 0 Å². The number of nitrogens with one attached hydrogen (secondary N) is 1. The maximum absolute atomic E-state index is 12.4. The molecule has 0 unspecified atom stereocenters. The van der Waals surface area contributed by atoms with Crippen molar-refractivity contribution in [3.05, 3.63) is 29.3 Å². The smallest absolute Gasteiger partial charge is 0.240 e. The Kier molecular flexibility index (Phi) is 6.89. The summed E-state index contributed by atoms with van der Waals surface area (Å²) < 4.78 is 0. The van der Waals surface area contributed by atoms with Crippen molar-refractivity contribution in [1.29, 1.82) is 0 Å². The van der Waals surface area contributed by atoms with Gasteiger partial charge < -0.3 is 15.1 Å². The number of benzene rings is 1. The fourth-order valence-electron chi connectivity index (χ4n) is 2.93.